The Morgan fingerprint density at radius 2 is 1.64 bits per heavy atom. The molecule has 0 radical (unpaired) electrons. The number of hydrogen-bond acceptors (Lipinski definition) is 1. The van der Waals surface area contributed by atoms with Gasteiger partial charge in [-0.25, -0.2) is 0 Å². The second-order valence-electron chi connectivity index (χ2n) is 3.93. The molecule has 0 spiro atoms. The zero-order valence-electron chi connectivity index (χ0n) is 9.73. The van der Waals surface area contributed by atoms with E-state index < -0.39 is 0 Å². The van der Waals surface area contributed by atoms with Crippen molar-refractivity contribution in [3.63, 3.8) is 0 Å². The number of carbonyl (C=O) groups excluding carboxylic acids is 1. The maximum atomic E-state index is 10.8. The van der Waals surface area contributed by atoms with E-state index in [4.69, 9.17) is 5.73 Å². The molecule has 2 heteroatoms. The Morgan fingerprint density at radius 1 is 1.07 bits per heavy atom. The molecular weight excluding hydrogens is 174 g/mol. The largest absolute Gasteiger partial charge is 0.366 e. The molecule has 2 N–H and O–H groups in total. The van der Waals surface area contributed by atoms with E-state index in [0.29, 0.717) is 0 Å². The van der Waals surface area contributed by atoms with Crippen LogP contribution in [0.25, 0.3) is 0 Å². The second-order valence-corrected chi connectivity index (χ2v) is 3.93. The molecule has 0 heterocycles. The summed E-state index contributed by atoms with van der Waals surface area (Å²) < 4.78 is 0. The van der Waals surface area contributed by atoms with E-state index in [1.54, 1.807) is 0 Å². The van der Waals surface area contributed by atoms with Gasteiger partial charge in [-0.15, -0.1) is 0 Å². The molecule has 0 atom stereocenters. The minimum atomic E-state index is -0.281. The maximum absolute atomic E-state index is 10.8. The molecule has 0 aliphatic carbocycles. The highest BCUT2D eigenvalue weighted by atomic mass is 16.1. The monoisotopic (exact) mass is 197 g/mol. The number of carbonyl (C=O) groups is 1. The van der Waals surface area contributed by atoms with Gasteiger partial charge in [0.1, 0.15) is 0 Å². The Hall–Kier alpha value is -0.790. The lowest BCUT2D eigenvalue weighted by atomic mass is 10.0. The van der Waals surface area contributed by atoms with Gasteiger partial charge in [0.2, 0.25) is 5.91 Å². The molecule has 0 rings (SSSR count). The second kappa shape index (κ2) is 7.60. The summed E-state index contributed by atoms with van der Waals surface area (Å²) in [5.41, 5.74) is 7.08. The normalized spacial score (nSPS) is 12.5. The van der Waals surface area contributed by atoms with Gasteiger partial charge in [0.05, 0.1) is 0 Å². The summed E-state index contributed by atoms with van der Waals surface area (Å²) in [6, 6.07) is 0. The standard InChI is InChI=1S/C12H23NO/c1-4-5-6-7-8-9-10(2)11(3)12(13)14/h4-9H2,1-3H3,(H2,13,14)/b11-10+. The number of amides is 1. The summed E-state index contributed by atoms with van der Waals surface area (Å²) in [5.74, 6) is -0.281. The predicted octanol–water partition coefficient (Wildman–Crippen LogP) is 3.17. The predicted molar refractivity (Wildman–Crippen MR) is 60.9 cm³/mol. The van der Waals surface area contributed by atoms with E-state index in [1.807, 2.05) is 13.8 Å². The summed E-state index contributed by atoms with van der Waals surface area (Å²) in [6.07, 6.45) is 7.35. The van der Waals surface area contributed by atoms with Crippen LogP contribution in [0.3, 0.4) is 0 Å². The van der Waals surface area contributed by atoms with Crippen molar-refractivity contribution in [3.05, 3.63) is 11.1 Å². The Kier molecular flexibility index (Phi) is 7.17. The third-order valence-electron chi connectivity index (χ3n) is 2.67. The molecule has 0 unspecified atom stereocenters. The number of nitrogens with two attached hydrogens (primary N) is 1. The van der Waals surface area contributed by atoms with E-state index >= 15 is 0 Å². The van der Waals surface area contributed by atoms with Gasteiger partial charge in [0.25, 0.3) is 0 Å². The van der Waals surface area contributed by atoms with Gasteiger partial charge in [-0.3, -0.25) is 4.79 Å². The third kappa shape index (κ3) is 5.79. The number of allylic oxidation sites excluding steroid dienone is 1. The van der Waals surface area contributed by atoms with Gasteiger partial charge in [-0.1, -0.05) is 38.2 Å². The Balaban J connectivity index is 3.68. The van der Waals surface area contributed by atoms with Crippen molar-refractivity contribution in [2.24, 2.45) is 5.73 Å². The van der Waals surface area contributed by atoms with Crippen LogP contribution in [0.15, 0.2) is 11.1 Å². The van der Waals surface area contributed by atoms with E-state index in [-0.39, 0.29) is 5.91 Å². The molecular formula is C12H23NO. The molecule has 2 nitrogen and oxygen atoms in total. The summed E-state index contributed by atoms with van der Waals surface area (Å²) in [7, 11) is 0. The molecule has 0 aromatic heterocycles. The first-order valence-corrected chi connectivity index (χ1v) is 5.55. The van der Waals surface area contributed by atoms with Crippen LogP contribution >= 0.6 is 0 Å². The highest BCUT2D eigenvalue weighted by Gasteiger charge is 2.02. The fourth-order valence-corrected chi connectivity index (χ4v) is 1.39. The van der Waals surface area contributed by atoms with Crippen LogP contribution in [0.1, 0.15) is 59.3 Å². The highest BCUT2D eigenvalue weighted by Crippen LogP contribution is 2.13. The number of rotatable bonds is 7. The van der Waals surface area contributed by atoms with Crippen molar-refractivity contribution in [1.29, 1.82) is 0 Å². The first-order chi connectivity index (χ1) is 6.59. The molecule has 0 aromatic rings. The molecule has 1 amide bonds. The molecule has 0 aliphatic heterocycles. The lowest BCUT2D eigenvalue weighted by Gasteiger charge is -2.04. The minimum absolute atomic E-state index is 0.281. The third-order valence-corrected chi connectivity index (χ3v) is 2.67. The topological polar surface area (TPSA) is 43.1 Å². The fraction of sp³-hybridized carbons (Fsp3) is 0.750. The van der Waals surface area contributed by atoms with Gasteiger partial charge in [0.15, 0.2) is 0 Å². The molecule has 0 aliphatic rings. The summed E-state index contributed by atoms with van der Waals surface area (Å²) >= 11 is 0. The lowest BCUT2D eigenvalue weighted by molar-refractivity contribution is -0.114. The fourth-order valence-electron chi connectivity index (χ4n) is 1.39. The van der Waals surface area contributed by atoms with Crippen LogP contribution in [0.2, 0.25) is 0 Å². The van der Waals surface area contributed by atoms with Crippen LogP contribution in [-0.4, -0.2) is 5.91 Å². The summed E-state index contributed by atoms with van der Waals surface area (Å²) in [4.78, 5) is 10.8. The zero-order valence-corrected chi connectivity index (χ0v) is 9.73. The van der Waals surface area contributed by atoms with E-state index in [1.165, 1.54) is 32.1 Å². The van der Waals surface area contributed by atoms with E-state index in [0.717, 1.165) is 17.6 Å². The van der Waals surface area contributed by atoms with Crippen molar-refractivity contribution in [2.75, 3.05) is 0 Å². The Bertz CT molecular complexity index is 206. The number of hydrogen-bond donors (Lipinski definition) is 1. The van der Waals surface area contributed by atoms with Crippen molar-refractivity contribution in [3.8, 4) is 0 Å². The van der Waals surface area contributed by atoms with Crippen LogP contribution in [-0.2, 0) is 4.79 Å². The van der Waals surface area contributed by atoms with Gasteiger partial charge in [-0.05, 0) is 26.7 Å². The van der Waals surface area contributed by atoms with Gasteiger partial charge in [-0.2, -0.15) is 0 Å². The van der Waals surface area contributed by atoms with E-state index in [2.05, 4.69) is 6.92 Å². The maximum Gasteiger partial charge on any atom is 0.244 e. The molecule has 14 heavy (non-hydrogen) atoms. The lowest BCUT2D eigenvalue weighted by Crippen LogP contribution is -2.13. The average Bonchev–Trinajstić information content (AvgIpc) is 2.16. The van der Waals surface area contributed by atoms with Crippen molar-refractivity contribution in [2.45, 2.75) is 59.3 Å². The van der Waals surface area contributed by atoms with E-state index in [9.17, 15) is 4.79 Å². The first kappa shape index (κ1) is 13.2. The number of unbranched alkanes of at least 4 members (excludes halogenated alkanes) is 4. The summed E-state index contributed by atoms with van der Waals surface area (Å²) in [5, 5.41) is 0. The van der Waals surface area contributed by atoms with Crippen molar-refractivity contribution >= 4 is 5.91 Å². The van der Waals surface area contributed by atoms with Gasteiger partial charge in [0, 0.05) is 5.57 Å². The van der Waals surface area contributed by atoms with Crippen molar-refractivity contribution < 1.29 is 4.79 Å². The van der Waals surface area contributed by atoms with Crippen LogP contribution in [0.4, 0.5) is 0 Å². The van der Waals surface area contributed by atoms with Crippen LogP contribution in [0, 0.1) is 0 Å². The minimum Gasteiger partial charge on any atom is -0.366 e. The molecule has 82 valence electrons. The van der Waals surface area contributed by atoms with Gasteiger partial charge >= 0.3 is 0 Å². The SMILES string of the molecule is CCCCCCC/C(C)=C(\C)C(N)=O. The molecule has 0 fully saturated rings. The molecule has 0 saturated heterocycles. The smallest absolute Gasteiger partial charge is 0.244 e. The Morgan fingerprint density at radius 3 is 2.14 bits per heavy atom. The molecule has 0 saturated carbocycles. The Labute approximate surface area is 87.6 Å². The summed E-state index contributed by atoms with van der Waals surface area (Å²) in [6.45, 7) is 6.02. The quantitative estimate of drug-likeness (QED) is 0.494. The number of primary amides is 1. The first-order valence-electron chi connectivity index (χ1n) is 5.55. The zero-order chi connectivity index (χ0) is 11.0. The van der Waals surface area contributed by atoms with Gasteiger partial charge < -0.3 is 5.73 Å². The molecule has 0 aromatic carbocycles. The van der Waals surface area contributed by atoms with Crippen LogP contribution in [0.5, 0.6) is 0 Å². The van der Waals surface area contributed by atoms with Crippen molar-refractivity contribution in [1.82, 2.24) is 0 Å². The molecule has 0 bridgehead atoms. The average molecular weight is 197 g/mol. The van der Waals surface area contributed by atoms with Crippen LogP contribution < -0.4 is 5.73 Å². The highest BCUT2D eigenvalue weighted by molar-refractivity contribution is 5.91.